The van der Waals surface area contributed by atoms with E-state index in [0.29, 0.717) is 16.7 Å². The number of rotatable bonds is 4. The molecule has 7 heteroatoms. The maximum atomic E-state index is 12.9. The third-order valence-corrected chi connectivity index (χ3v) is 5.39. The Morgan fingerprint density at radius 3 is 2.10 bits per heavy atom. The quantitative estimate of drug-likeness (QED) is 0.446. The van der Waals surface area contributed by atoms with Gasteiger partial charge in [-0.15, -0.1) is 0 Å². The Bertz CT molecular complexity index is 1240. The number of fused-ring (bicyclic) bond motifs is 2. The Morgan fingerprint density at radius 2 is 1.45 bits per heavy atom. The topological polar surface area (TPSA) is 86.7 Å². The lowest BCUT2D eigenvalue weighted by Crippen LogP contribution is -2.22. The van der Waals surface area contributed by atoms with E-state index in [1.165, 1.54) is 19.2 Å². The molecule has 3 aromatic carbocycles. The van der Waals surface area contributed by atoms with Gasteiger partial charge in [-0.3, -0.25) is 9.59 Å². The molecule has 3 aromatic rings. The van der Waals surface area contributed by atoms with Crippen molar-refractivity contribution in [2.75, 3.05) is 7.11 Å². The number of benzene rings is 3. The third kappa shape index (κ3) is 3.62. The highest BCUT2D eigenvalue weighted by atomic mass is 35.5. The number of hydrogen-bond acceptors (Lipinski definition) is 6. The van der Waals surface area contributed by atoms with Crippen molar-refractivity contribution in [1.82, 2.24) is 0 Å². The lowest BCUT2D eigenvalue weighted by atomic mass is 9.83. The molecule has 0 aliphatic heterocycles. The van der Waals surface area contributed by atoms with Gasteiger partial charge < -0.3 is 9.47 Å². The van der Waals surface area contributed by atoms with Gasteiger partial charge in [0.05, 0.1) is 28.8 Å². The predicted molar refractivity (Wildman–Crippen MR) is 112 cm³/mol. The van der Waals surface area contributed by atoms with Crippen molar-refractivity contribution in [2.24, 2.45) is 0 Å². The van der Waals surface area contributed by atoms with E-state index >= 15 is 0 Å². The van der Waals surface area contributed by atoms with Crippen molar-refractivity contribution in [3.63, 3.8) is 0 Å². The van der Waals surface area contributed by atoms with Crippen LogP contribution in [0.25, 0.3) is 0 Å². The van der Waals surface area contributed by atoms with E-state index in [1.54, 1.807) is 48.5 Å². The molecule has 154 valence electrons. The first kappa shape index (κ1) is 20.5. The van der Waals surface area contributed by atoms with E-state index in [1.807, 2.05) is 0 Å². The smallest absolute Gasteiger partial charge is 0.340 e. The third-order valence-electron chi connectivity index (χ3n) is 4.99. The van der Waals surface area contributed by atoms with Crippen LogP contribution in [-0.2, 0) is 16.1 Å². The fraction of sp³-hybridized carbons (Fsp3) is 0.0833. The summed E-state index contributed by atoms with van der Waals surface area (Å²) in [6.07, 6.45) is 0. The van der Waals surface area contributed by atoms with Gasteiger partial charge in [-0.25, -0.2) is 9.59 Å². The van der Waals surface area contributed by atoms with Crippen molar-refractivity contribution in [3.8, 4) is 0 Å². The van der Waals surface area contributed by atoms with Gasteiger partial charge in [-0.1, -0.05) is 48.0 Å². The van der Waals surface area contributed by atoms with Crippen LogP contribution < -0.4 is 0 Å². The minimum atomic E-state index is -0.732. The van der Waals surface area contributed by atoms with Crippen LogP contribution in [0.3, 0.4) is 0 Å². The number of esters is 2. The maximum Gasteiger partial charge on any atom is 0.340 e. The van der Waals surface area contributed by atoms with Gasteiger partial charge in [0.15, 0.2) is 11.6 Å². The summed E-state index contributed by atoms with van der Waals surface area (Å²) in [5.41, 5.74) is 1.73. The molecule has 0 bridgehead atoms. The Kier molecular flexibility index (Phi) is 5.40. The summed E-state index contributed by atoms with van der Waals surface area (Å²) >= 11 is 6.38. The highest BCUT2D eigenvalue weighted by Gasteiger charge is 2.33. The molecule has 0 spiro atoms. The molecule has 0 N–H and O–H groups in total. The van der Waals surface area contributed by atoms with Gasteiger partial charge in [0.1, 0.15) is 6.61 Å². The Hall–Kier alpha value is -3.77. The van der Waals surface area contributed by atoms with Crippen molar-refractivity contribution in [3.05, 3.63) is 105 Å². The molecule has 0 saturated carbocycles. The molecule has 0 amide bonds. The number of carbonyl (C=O) groups excluding carboxylic acids is 4. The monoisotopic (exact) mass is 434 g/mol. The molecular weight excluding hydrogens is 420 g/mol. The standard InChI is InChI=1S/C24H15ClO6/c1-30-23(28)14-8-6-13(7-9-14)12-31-24(29)18-11-10-17-19(20(18)25)22(27)16-5-3-2-4-15(16)21(17)26/h2-11H,12H2,1H3. The normalized spacial score (nSPS) is 12.1. The number of ketones is 2. The zero-order valence-corrected chi connectivity index (χ0v) is 17.1. The van der Waals surface area contributed by atoms with E-state index < -0.39 is 17.7 Å². The van der Waals surface area contributed by atoms with E-state index in [9.17, 15) is 19.2 Å². The lowest BCUT2D eigenvalue weighted by molar-refractivity contribution is 0.0471. The summed E-state index contributed by atoms with van der Waals surface area (Å²) in [6.45, 7) is -0.0661. The molecule has 4 rings (SSSR count). The molecule has 1 aliphatic carbocycles. The van der Waals surface area contributed by atoms with Crippen molar-refractivity contribution >= 4 is 35.1 Å². The number of hydrogen-bond donors (Lipinski definition) is 0. The largest absolute Gasteiger partial charge is 0.465 e. The molecule has 0 aromatic heterocycles. The predicted octanol–water partition coefficient (Wildman–Crippen LogP) is 4.26. The van der Waals surface area contributed by atoms with Gasteiger partial charge in [-0.2, -0.15) is 0 Å². The van der Waals surface area contributed by atoms with Crippen LogP contribution in [0.4, 0.5) is 0 Å². The number of halogens is 1. The number of methoxy groups -OCH3 is 1. The summed E-state index contributed by atoms with van der Waals surface area (Å²) in [6, 6.07) is 15.7. The molecule has 0 atom stereocenters. The zero-order chi connectivity index (χ0) is 22.1. The number of carbonyl (C=O) groups is 4. The molecule has 1 aliphatic rings. The van der Waals surface area contributed by atoms with E-state index in [2.05, 4.69) is 4.74 Å². The van der Waals surface area contributed by atoms with Crippen LogP contribution in [-0.4, -0.2) is 30.6 Å². The molecule has 0 radical (unpaired) electrons. The fourth-order valence-corrected chi connectivity index (χ4v) is 3.71. The first-order valence-electron chi connectivity index (χ1n) is 9.27. The van der Waals surface area contributed by atoms with E-state index in [-0.39, 0.29) is 39.7 Å². The summed E-state index contributed by atoms with van der Waals surface area (Å²) in [7, 11) is 1.29. The van der Waals surface area contributed by atoms with E-state index in [0.717, 1.165) is 0 Å². The second-order valence-electron chi connectivity index (χ2n) is 6.82. The van der Waals surface area contributed by atoms with Crippen molar-refractivity contribution in [1.29, 1.82) is 0 Å². The van der Waals surface area contributed by atoms with Crippen LogP contribution in [0.2, 0.25) is 5.02 Å². The second kappa shape index (κ2) is 8.16. The average Bonchev–Trinajstić information content (AvgIpc) is 2.80. The Morgan fingerprint density at radius 1 is 0.806 bits per heavy atom. The summed E-state index contributed by atoms with van der Waals surface area (Å²) in [5.74, 6) is -1.94. The summed E-state index contributed by atoms with van der Waals surface area (Å²) in [4.78, 5) is 49.7. The molecule has 6 nitrogen and oxygen atoms in total. The van der Waals surface area contributed by atoms with Crippen molar-refractivity contribution < 1.29 is 28.7 Å². The summed E-state index contributed by atoms with van der Waals surface area (Å²) in [5, 5.41) is -0.114. The molecule has 0 fully saturated rings. The molecule has 0 saturated heterocycles. The molecule has 0 unspecified atom stereocenters. The molecule has 0 heterocycles. The van der Waals surface area contributed by atoms with Gasteiger partial charge in [0, 0.05) is 16.7 Å². The van der Waals surface area contributed by atoms with Crippen LogP contribution in [0.1, 0.15) is 58.1 Å². The van der Waals surface area contributed by atoms with Crippen LogP contribution in [0, 0.1) is 0 Å². The SMILES string of the molecule is COC(=O)c1ccc(COC(=O)c2ccc3c(c2Cl)C(=O)c2ccccc2C3=O)cc1. The first-order valence-corrected chi connectivity index (χ1v) is 9.65. The maximum absolute atomic E-state index is 12.9. The second-order valence-corrected chi connectivity index (χ2v) is 7.20. The zero-order valence-electron chi connectivity index (χ0n) is 16.3. The summed E-state index contributed by atoms with van der Waals surface area (Å²) < 4.78 is 9.95. The Balaban J connectivity index is 1.57. The van der Waals surface area contributed by atoms with Crippen molar-refractivity contribution in [2.45, 2.75) is 6.61 Å². The fourth-order valence-electron chi connectivity index (χ4n) is 3.39. The molecule has 31 heavy (non-hydrogen) atoms. The van der Waals surface area contributed by atoms with E-state index in [4.69, 9.17) is 16.3 Å². The first-order chi connectivity index (χ1) is 14.9. The highest BCUT2D eigenvalue weighted by molar-refractivity contribution is 6.41. The van der Waals surface area contributed by atoms with Crippen LogP contribution in [0.15, 0.2) is 60.7 Å². The molecular formula is C24H15ClO6. The van der Waals surface area contributed by atoms with Crippen LogP contribution in [0.5, 0.6) is 0 Å². The Labute approximate surface area is 182 Å². The minimum Gasteiger partial charge on any atom is -0.465 e. The highest BCUT2D eigenvalue weighted by Crippen LogP contribution is 2.34. The van der Waals surface area contributed by atoms with Gasteiger partial charge in [-0.05, 0) is 29.8 Å². The van der Waals surface area contributed by atoms with Crippen LogP contribution >= 0.6 is 11.6 Å². The number of ether oxygens (including phenoxy) is 2. The minimum absolute atomic E-state index is 0.00208. The van der Waals surface area contributed by atoms with Gasteiger partial charge >= 0.3 is 11.9 Å². The average molecular weight is 435 g/mol. The van der Waals surface area contributed by atoms with Gasteiger partial charge in [0.2, 0.25) is 0 Å². The lowest BCUT2D eigenvalue weighted by Gasteiger charge is -2.19. The van der Waals surface area contributed by atoms with Gasteiger partial charge in [0.25, 0.3) is 0 Å².